The number of pyridine rings is 2. The third-order valence-electron chi connectivity index (χ3n) is 7.31. The number of nitrogens with zero attached hydrogens (tertiary/aromatic N) is 4. The summed E-state index contributed by atoms with van der Waals surface area (Å²) in [5.74, 6) is -1.05. The molecule has 2 unspecified atom stereocenters. The predicted molar refractivity (Wildman–Crippen MR) is 106 cm³/mol. The van der Waals surface area contributed by atoms with Crippen LogP contribution in [0.2, 0.25) is 0 Å². The zero-order chi connectivity index (χ0) is 20.8. The van der Waals surface area contributed by atoms with Crippen LogP contribution in [0.25, 0.3) is 17.1 Å². The van der Waals surface area contributed by atoms with Gasteiger partial charge in [0.25, 0.3) is 0 Å². The Bertz CT molecular complexity index is 1300. The monoisotopic (exact) mass is 410 g/mol. The fourth-order valence-electron chi connectivity index (χ4n) is 5.33. The van der Waals surface area contributed by atoms with Crippen LogP contribution < -0.4 is 5.69 Å². The number of rotatable bonds is 1. The van der Waals surface area contributed by atoms with E-state index in [0.717, 1.165) is 24.8 Å². The summed E-state index contributed by atoms with van der Waals surface area (Å²) in [6.07, 6.45) is 6.35. The number of fused-ring (bicyclic) bond motifs is 1. The van der Waals surface area contributed by atoms with Crippen molar-refractivity contribution in [3.8, 4) is 0 Å². The maximum Gasteiger partial charge on any atom is 0.329 e. The number of ether oxygens (including phenoxy) is 1. The van der Waals surface area contributed by atoms with E-state index in [1.54, 1.807) is 30.8 Å². The first-order valence-electron chi connectivity index (χ1n) is 10.1. The number of aryl methyl sites for hydroxylation is 1. The Morgan fingerprint density at radius 3 is 2.67 bits per heavy atom. The Kier molecular flexibility index (Phi) is 3.37. The first-order chi connectivity index (χ1) is 14.4. The van der Waals surface area contributed by atoms with Crippen molar-refractivity contribution in [2.75, 3.05) is 6.61 Å². The van der Waals surface area contributed by atoms with Crippen LogP contribution in [0.5, 0.6) is 0 Å². The zero-order valence-electron chi connectivity index (χ0n) is 16.7. The van der Waals surface area contributed by atoms with E-state index in [9.17, 15) is 9.18 Å². The van der Waals surface area contributed by atoms with Gasteiger partial charge in [0, 0.05) is 18.8 Å². The molecule has 6 rings (SSSR count). The second-order valence-corrected chi connectivity index (χ2v) is 8.80. The quantitative estimate of drug-likeness (QED) is 0.576. The van der Waals surface area contributed by atoms with E-state index in [4.69, 9.17) is 4.74 Å². The van der Waals surface area contributed by atoms with E-state index in [1.807, 2.05) is 4.57 Å². The maximum absolute atomic E-state index is 15.6. The van der Waals surface area contributed by atoms with Crippen molar-refractivity contribution in [2.24, 2.45) is 7.05 Å². The first kappa shape index (κ1) is 17.9. The van der Waals surface area contributed by atoms with Crippen molar-refractivity contribution in [1.82, 2.24) is 19.1 Å². The summed E-state index contributed by atoms with van der Waals surface area (Å²) in [4.78, 5) is 21.4. The van der Waals surface area contributed by atoms with E-state index in [2.05, 4.69) is 9.97 Å². The van der Waals surface area contributed by atoms with E-state index in [0.29, 0.717) is 28.9 Å². The van der Waals surface area contributed by atoms with E-state index < -0.39 is 28.8 Å². The maximum atomic E-state index is 15.6. The summed E-state index contributed by atoms with van der Waals surface area (Å²) in [6, 6.07) is 2.77. The third kappa shape index (κ3) is 1.97. The van der Waals surface area contributed by atoms with Crippen LogP contribution in [-0.4, -0.2) is 25.7 Å². The highest BCUT2D eigenvalue weighted by Gasteiger charge is 2.53. The molecule has 30 heavy (non-hydrogen) atoms. The Balaban J connectivity index is 1.71. The van der Waals surface area contributed by atoms with Gasteiger partial charge < -0.3 is 4.74 Å². The number of aromatic nitrogens is 4. The van der Waals surface area contributed by atoms with Gasteiger partial charge in [-0.05, 0) is 43.9 Å². The molecule has 3 aromatic rings. The summed E-state index contributed by atoms with van der Waals surface area (Å²) in [7, 11) is 1.74. The molecule has 2 aliphatic carbocycles. The lowest BCUT2D eigenvalue weighted by molar-refractivity contribution is -0.0571. The lowest BCUT2D eigenvalue weighted by Crippen LogP contribution is -2.49. The van der Waals surface area contributed by atoms with Gasteiger partial charge in [-0.3, -0.25) is 14.1 Å². The molecule has 8 heteroatoms. The van der Waals surface area contributed by atoms with Gasteiger partial charge in [0.2, 0.25) is 5.95 Å². The fraction of sp³-hybridized carbons (Fsp3) is 0.409. The molecule has 3 aromatic heterocycles. The summed E-state index contributed by atoms with van der Waals surface area (Å²) in [5, 5.41) is 0. The van der Waals surface area contributed by atoms with Crippen LogP contribution >= 0.6 is 0 Å². The molecule has 4 heterocycles. The summed E-state index contributed by atoms with van der Waals surface area (Å²) in [6.45, 7) is 2.05. The molecular formula is C22H20F2N4O2. The van der Waals surface area contributed by atoms with Gasteiger partial charge in [0.05, 0.1) is 40.5 Å². The molecule has 1 saturated carbocycles. The van der Waals surface area contributed by atoms with Gasteiger partial charge in [0.15, 0.2) is 0 Å². The van der Waals surface area contributed by atoms with Crippen LogP contribution in [0.4, 0.5) is 8.78 Å². The third-order valence-corrected chi connectivity index (χ3v) is 7.31. The SMILES string of the molecule is Cn1c(=O)n2c3c4c(ncc31)C=C(F)C(C)(c1ccc(F)nc1)C4OCC21CCC1. The Hall–Kier alpha value is -2.87. The highest BCUT2D eigenvalue weighted by atomic mass is 19.1. The lowest BCUT2D eigenvalue weighted by atomic mass is 9.70. The first-order valence-corrected chi connectivity index (χ1v) is 10.1. The minimum atomic E-state index is -1.21. The Morgan fingerprint density at radius 1 is 1.20 bits per heavy atom. The Labute approximate surface area is 170 Å². The molecular weight excluding hydrogens is 390 g/mol. The highest BCUT2D eigenvalue weighted by Crippen LogP contribution is 2.55. The lowest BCUT2D eigenvalue weighted by Gasteiger charge is -2.43. The average molecular weight is 410 g/mol. The predicted octanol–water partition coefficient (Wildman–Crippen LogP) is 3.50. The van der Waals surface area contributed by atoms with E-state index in [1.165, 1.54) is 18.3 Å². The van der Waals surface area contributed by atoms with Crippen molar-refractivity contribution in [3.05, 3.63) is 63.6 Å². The normalized spacial score (nSPS) is 26.4. The van der Waals surface area contributed by atoms with Crippen LogP contribution in [0.3, 0.4) is 0 Å². The van der Waals surface area contributed by atoms with Gasteiger partial charge in [-0.2, -0.15) is 4.39 Å². The molecule has 3 aliphatic rings. The van der Waals surface area contributed by atoms with Gasteiger partial charge in [-0.15, -0.1) is 0 Å². The molecule has 6 nitrogen and oxygen atoms in total. The van der Waals surface area contributed by atoms with Crippen molar-refractivity contribution in [3.63, 3.8) is 0 Å². The van der Waals surface area contributed by atoms with Crippen LogP contribution in [0.1, 0.15) is 49.1 Å². The van der Waals surface area contributed by atoms with Crippen LogP contribution in [0.15, 0.2) is 35.1 Å². The second kappa shape index (κ2) is 5.63. The number of hydrogen-bond donors (Lipinski definition) is 0. The summed E-state index contributed by atoms with van der Waals surface area (Å²) in [5.41, 5.74) is 1.41. The average Bonchev–Trinajstić information content (AvgIpc) is 2.86. The summed E-state index contributed by atoms with van der Waals surface area (Å²) >= 11 is 0. The summed E-state index contributed by atoms with van der Waals surface area (Å²) < 4.78 is 39.0. The molecule has 0 radical (unpaired) electrons. The van der Waals surface area contributed by atoms with Crippen LogP contribution in [0, 0.1) is 5.95 Å². The largest absolute Gasteiger partial charge is 0.370 e. The number of hydrogen-bond acceptors (Lipinski definition) is 4. The second-order valence-electron chi connectivity index (χ2n) is 8.80. The molecule has 1 aliphatic heterocycles. The molecule has 0 N–H and O–H groups in total. The minimum Gasteiger partial charge on any atom is -0.370 e. The number of halogens is 2. The molecule has 0 saturated heterocycles. The Morgan fingerprint density at radius 2 is 2.00 bits per heavy atom. The fourth-order valence-corrected chi connectivity index (χ4v) is 5.33. The van der Waals surface area contributed by atoms with Crippen molar-refractivity contribution in [2.45, 2.75) is 43.2 Å². The molecule has 0 aromatic carbocycles. The molecule has 0 bridgehead atoms. The van der Waals surface area contributed by atoms with Crippen LogP contribution in [-0.2, 0) is 22.7 Å². The smallest absolute Gasteiger partial charge is 0.329 e. The molecule has 1 spiro atoms. The van der Waals surface area contributed by atoms with E-state index in [-0.39, 0.29) is 5.69 Å². The molecule has 1 fully saturated rings. The molecule has 2 atom stereocenters. The molecule has 154 valence electrons. The minimum absolute atomic E-state index is 0.107. The topological polar surface area (TPSA) is 61.9 Å². The van der Waals surface area contributed by atoms with Crippen molar-refractivity contribution in [1.29, 1.82) is 0 Å². The van der Waals surface area contributed by atoms with Crippen molar-refractivity contribution >= 4 is 17.1 Å². The highest BCUT2D eigenvalue weighted by molar-refractivity contribution is 5.85. The number of imidazole rings is 1. The standard InChI is InChI=1S/C22H20F2N4O2/c1-21(12-4-5-16(24)26-9-12)15(23)8-13-17-18-14(10-25-13)27(2)20(29)28(18)22(6-3-7-22)11-30-19(17)21/h4-5,8-10,19H,3,6-7,11H2,1-2H3. The molecule has 0 amide bonds. The van der Waals surface area contributed by atoms with E-state index >= 15 is 4.39 Å². The van der Waals surface area contributed by atoms with Gasteiger partial charge in [-0.1, -0.05) is 6.07 Å². The van der Waals surface area contributed by atoms with Gasteiger partial charge >= 0.3 is 5.69 Å². The van der Waals surface area contributed by atoms with Gasteiger partial charge in [0.1, 0.15) is 11.9 Å². The zero-order valence-corrected chi connectivity index (χ0v) is 16.7. The van der Waals surface area contributed by atoms with Crippen molar-refractivity contribution < 1.29 is 13.5 Å². The van der Waals surface area contributed by atoms with Gasteiger partial charge in [-0.25, -0.2) is 14.2 Å².